The number of amides is 1. The maximum Gasteiger partial charge on any atom is 0.311 e. The first-order valence-corrected chi connectivity index (χ1v) is 5.95. The van der Waals surface area contributed by atoms with Gasteiger partial charge in [0.05, 0.1) is 32.0 Å². The van der Waals surface area contributed by atoms with Crippen molar-refractivity contribution in [1.82, 2.24) is 4.98 Å². The van der Waals surface area contributed by atoms with E-state index in [1.807, 2.05) is 13.0 Å². The molecule has 0 bridgehead atoms. The normalized spacial score (nSPS) is 18.6. The van der Waals surface area contributed by atoms with Crippen molar-refractivity contribution in [2.24, 2.45) is 5.92 Å². The highest BCUT2D eigenvalue weighted by molar-refractivity contribution is 5.99. The Labute approximate surface area is 111 Å². The molecule has 0 aromatic carbocycles. The molecule has 1 fully saturated rings. The Morgan fingerprint density at radius 1 is 1.47 bits per heavy atom. The van der Waals surface area contributed by atoms with Crippen LogP contribution in [0, 0.1) is 12.8 Å². The van der Waals surface area contributed by atoms with Crippen LogP contribution in [0.3, 0.4) is 0 Å². The van der Waals surface area contributed by atoms with Gasteiger partial charge >= 0.3 is 5.97 Å². The highest BCUT2D eigenvalue weighted by atomic mass is 16.5. The molecule has 0 aliphatic carbocycles. The molecule has 102 valence electrons. The zero-order chi connectivity index (χ0) is 14.0. The maximum absolute atomic E-state index is 11.9. The molecular weight excluding hydrogens is 248 g/mol. The van der Waals surface area contributed by atoms with Crippen molar-refractivity contribution in [3.05, 3.63) is 17.8 Å². The quantitative estimate of drug-likeness (QED) is 0.759. The summed E-state index contributed by atoms with van der Waals surface area (Å²) >= 11 is 0. The number of pyridine rings is 1. The Hall–Kier alpha value is -2.11. The van der Waals surface area contributed by atoms with E-state index in [1.165, 1.54) is 7.11 Å². The number of hydrogen-bond acceptors (Lipinski definition) is 5. The van der Waals surface area contributed by atoms with Gasteiger partial charge in [0, 0.05) is 18.5 Å². The number of ether oxygens (including phenoxy) is 2. The van der Waals surface area contributed by atoms with E-state index in [4.69, 9.17) is 4.74 Å². The number of rotatable bonds is 3. The first-order chi connectivity index (χ1) is 9.06. The Kier molecular flexibility index (Phi) is 3.69. The summed E-state index contributed by atoms with van der Waals surface area (Å²) in [4.78, 5) is 29.1. The van der Waals surface area contributed by atoms with Crippen molar-refractivity contribution in [2.45, 2.75) is 13.3 Å². The van der Waals surface area contributed by atoms with E-state index in [1.54, 1.807) is 18.2 Å². The van der Waals surface area contributed by atoms with E-state index in [2.05, 4.69) is 9.72 Å². The van der Waals surface area contributed by atoms with E-state index in [0.29, 0.717) is 18.1 Å². The molecule has 1 unspecified atom stereocenters. The number of hydrogen-bond donors (Lipinski definition) is 0. The summed E-state index contributed by atoms with van der Waals surface area (Å²) in [5.74, 6) is -0.323. The molecule has 2 rings (SSSR count). The summed E-state index contributed by atoms with van der Waals surface area (Å²) in [7, 11) is 2.87. The topological polar surface area (TPSA) is 68.7 Å². The summed E-state index contributed by atoms with van der Waals surface area (Å²) in [6, 6.07) is 1.82. The zero-order valence-electron chi connectivity index (χ0n) is 11.2. The second-order valence-corrected chi connectivity index (χ2v) is 4.45. The molecule has 0 spiro atoms. The highest BCUT2D eigenvalue weighted by Gasteiger charge is 2.36. The zero-order valence-corrected chi connectivity index (χ0v) is 11.2. The van der Waals surface area contributed by atoms with Crippen LogP contribution in [-0.2, 0) is 14.3 Å². The van der Waals surface area contributed by atoms with Gasteiger partial charge in [0.2, 0.25) is 11.8 Å². The average Bonchev–Trinajstić information content (AvgIpc) is 2.80. The van der Waals surface area contributed by atoms with Gasteiger partial charge in [-0.15, -0.1) is 0 Å². The number of carbonyl (C=O) groups excluding carboxylic acids is 2. The van der Waals surface area contributed by atoms with Gasteiger partial charge in [0.25, 0.3) is 0 Å². The number of aryl methyl sites for hydroxylation is 1. The number of anilines is 1. The van der Waals surface area contributed by atoms with Crippen molar-refractivity contribution in [3.63, 3.8) is 0 Å². The third-order valence-electron chi connectivity index (χ3n) is 3.18. The molecule has 1 atom stereocenters. The molecule has 1 aromatic rings. The molecule has 0 radical (unpaired) electrons. The number of carbonyl (C=O) groups is 2. The van der Waals surface area contributed by atoms with E-state index in [0.717, 1.165) is 5.56 Å². The average molecular weight is 264 g/mol. The van der Waals surface area contributed by atoms with E-state index < -0.39 is 5.92 Å². The van der Waals surface area contributed by atoms with Crippen LogP contribution in [-0.4, -0.2) is 37.6 Å². The highest BCUT2D eigenvalue weighted by Crippen LogP contribution is 2.27. The van der Waals surface area contributed by atoms with Crippen LogP contribution in [0.2, 0.25) is 0 Å². The SMILES string of the molecule is COC(=O)C1CC(=O)N(c2cnc(OC)c(C)c2)C1. The molecule has 6 heteroatoms. The Balaban J connectivity index is 2.21. The molecule has 1 saturated heterocycles. The summed E-state index contributed by atoms with van der Waals surface area (Å²) in [5, 5.41) is 0. The van der Waals surface area contributed by atoms with Crippen molar-refractivity contribution in [2.75, 3.05) is 25.7 Å². The van der Waals surface area contributed by atoms with Gasteiger partial charge in [-0.05, 0) is 13.0 Å². The first-order valence-electron chi connectivity index (χ1n) is 5.95. The predicted molar refractivity (Wildman–Crippen MR) is 68.0 cm³/mol. The Morgan fingerprint density at radius 2 is 2.21 bits per heavy atom. The van der Waals surface area contributed by atoms with Crippen molar-refractivity contribution >= 4 is 17.6 Å². The standard InChI is InChI=1S/C13H16N2O4/c1-8-4-10(6-14-12(8)18-2)15-7-9(5-11(15)16)13(17)19-3/h4,6,9H,5,7H2,1-3H3. The lowest BCUT2D eigenvalue weighted by Crippen LogP contribution is -2.26. The van der Waals surface area contributed by atoms with Gasteiger partial charge in [0.15, 0.2) is 0 Å². The van der Waals surface area contributed by atoms with Crippen molar-refractivity contribution in [1.29, 1.82) is 0 Å². The molecule has 6 nitrogen and oxygen atoms in total. The number of esters is 1. The minimum absolute atomic E-state index is 0.0956. The number of nitrogens with zero attached hydrogens (tertiary/aromatic N) is 2. The predicted octanol–water partition coefficient (Wildman–Crippen LogP) is 0.925. The molecule has 1 aliphatic heterocycles. The lowest BCUT2D eigenvalue weighted by atomic mass is 10.1. The van der Waals surface area contributed by atoms with Gasteiger partial charge in [-0.2, -0.15) is 0 Å². The van der Waals surface area contributed by atoms with Gasteiger partial charge in [-0.25, -0.2) is 4.98 Å². The largest absolute Gasteiger partial charge is 0.481 e. The number of methoxy groups -OCH3 is 2. The lowest BCUT2D eigenvalue weighted by Gasteiger charge is -2.17. The minimum Gasteiger partial charge on any atom is -0.481 e. The third-order valence-corrected chi connectivity index (χ3v) is 3.18. The van der Waals surface area contributed by atoms with Crippen LogP contribution in [0.15, 0.2) is 12.3 Å². The fourth-order valence-electron chi connectivity index (χ4n) is 2.19. The fraction of sp³-hybridized carbons (Fsp3) is 0.462. The summed E-state index contributed by atoms with van der Waals surface area (Å²) in [6.45, 7) is 2.19. The molecule has 1 aliphatic rings. The Morgan fingerprint density at radius 3 is 2.79 bits per heavy atom. The molecule has 1 amide bonds. The maximum atomic E-state index is 11.9. The van der Waals surface area contributed by atoms with Gasteiger partial charge in [-0.3, -0.25) is 9.59 Å². The molecule has 19 heavy (non-hydrogen) atoms. The molecule has 0 N–H and O–H groups in total. The van der Waals surface area contributed by atoms with Crippen LogP contribution in [0.1, 0.15) is 12.0 Å². The summed E-state index contributed by atoms with van der Waals surface area (Å²) < 4.78 is 9.75. The molecule has 0 saturated carbocycles. The molecular formula is C13H16N2O4. The first kappa shape index (κ1) is 13.3. The summed E-state index contributed by atoms with van der Waals surface area (Å²) in [6.07, 6.45) is 1.75. The van der Waals surface area contributed by atoms with E-state index >= 15 is 0 Å². The molecule has 1 aromatic heterocycles. The van der Waals surface area contributed by atoms with E-state index in [9.17, 15) is 9.59 Å². The van der Waals surface area contributed by atoms with Gasteiger partial charge in [0.1, 0.15) is 0 Å². The van der Waals surface area contributed by atoms with Crippen LogP contribution < -0.4 is 9.64 Å². The summed E-state index contributed by atoms with van der Waals surface area (Å²) in [5.41, 5.74) is 1.52. The number of aromatic nitrogens is 1. The fourth-order valence-corrected chi connectivity index (χ4v) is 2.19. The molecule has 2 heterocycles. The monoisotopic (exact) mass is 264 g/mol. The second-order valence-electron chi connectivity index (χ2n) is 4.45. The van der Waals surface area contributed by atoms with Crippen LogP contribution >= 0.6 is 0 Å². The Bertz CT molecular complexity index is 515. The smallest absolute Gasteiger partial charge is 0.311 e. The van der Waals surface area contributed by atoms with Crippen LogP contribution in [0.25, 0.3) is 0 Å². The minimum atomic E-state index is -0.403. The van der Waals surface area contributed by atoms with Crippen molar-refractivity contribution in [3.8, 4) is 5.88 Å². The van der Waals surface area contributed by atoms with Crippen LogP contribution in [0.5, 0.6) is 5.88 Å². The third kappa shape index (κ3) is 2.52. The lowest BCUT2D eigenvalue weighted by molar-refractivity contribution is -0.145. The van der Waals surface area contributed by atoms with Crippen LogP contribution in [0.4, 0.5) is 5.69 Å². The van der Waals surface area contributed by atoms with Gasteiger partial charge in [-0.1, -0.05) is 0 Å². The van der Waals surface area contributed by atoms with Gasteiger partial charge < -0.3 is 14.4 Å². The van der Waals surface area contributed by atoms with E-state index in [-0.39, 0.29) is 18.3 Å². The second kappa shape index (κ2) is 5.26. The van der Waals surface area contributed by atoms with Crippen molar-refractivity contribution < 1.29 is 19.1 Å².